The van der Waals surface area contributed by atoms with Crippen molar-refractivity contribution in [1.29, 1.82) is 0 Å². The van der Waals surface area contributed by atoms with Crippen LogP contribution in [0.1, 0.15) is 46.0 Å². The second kappa shape index (κ2) is 7.63. The first-order valence-electron chi connectivity index (χ1n) is 8.05. The molecule has 3 heteroatoms. The van der Waals surface area contributed by atoms with E-state index in [0.717, 1.165) is 37.8 Å². The fourth-order valence-electron chi connectivity index (χ4n) is 3.09. The minimum Gasteiger partial charge on any atom is -0.316 e. The summed E-state index contributed by atoms with van der Waals surface area (Å²) in [5.74, 6) is 1.74. The van der Waals surface area contributed by atoms with Crippen LogP contribution in [0.25, 0.3) is 0 Å². The maximum absolute atomic E-state index is 11.5. The topological polar surface area (TPSA) is 34.0 Å². The molecule has 0 bridgehead atoms. The predicted octanol–water partition coefficient (Wildman–Crippen LogP) is 3.04. The maximum Gasteiger partial charge on any atom is 0.250 e. The monoisotopic (exact) mass is 276 g/mol. The smallest absolute Gasteiger partial charge is 0.250 e. The number of nitrogens with one attached hydrogen (secondary N) is 1. The largest absolute Gasteiger partial charge is 0.316 e. The van der Waals surface area contributed by atoms with Gasteiger partial charge in [0, 0.05) is 24.8 Å². The summed E-state index contributed by atoms with van der Waals surface area (Å²) in [4.78, 5) is 11.5. The molecule has 3 unspecified atom stereocenters. The van der Waals surface area contributed by atoms with Gasteiger partial charge in [0.15, 0.2) is 0 Å². The number of unbranched alkanes of at least 4 members (excludes halogenated alkanes) is 1. The number of pyridine rings is 1. The van der Waals surface area contributed by atoms with Crippen LogP contribution >= 0.6 is 0 Å². The second-order valence-electron chi connectivity index (χ2n) is 6.36. The van der Waals surface area contributed by atoms with E-state index in [-0.39, 0.29) is 5.56 Å². The minimum absolute atomic E-state index is 0.107. The van der Waals surface area contributed by atoms with Crippen molar-refractivity contribution in [3.8, 4) is 0 Å². The van der Waals surface area contributed by atoms with Crippen molar-refractivity contribution in [3.05, 3.63) is 34.7 Å². The third-order valence-corrected chi connectivity index (χ3v) is 4.76. The summed E-state index contributed by atoms with van der Waals surface area (Å²) >= 11 is 0. The van der Waals surface area contributed by atoms with E-state index in [0.29, 0.717) is 6.04 Å². The van der Waals surface area contributed by atoms with Crippen LogP contribution < -0.4 is 10.9 Å². The molecule has 0 aromatic carbocycles. The maximum atomic E-state index is 11.5. The first kappa shape index (κ1) is 15.3. The molecule has 1 heterocycles. The Balaban J connectivity index is 1.60. The summed E-state index contributed by atoms with van der Waals surface area (Å²) in [6.45, 7) is 6.66. The van der Waals surface area contributed by atoms with Crippen LogP contribution in [0.15, 0.2) is 29.2 Å². The summed E-state index contributed by atoms with van der Waals surface area (Å²) in [6, 6.07) is 6.05. The van der Waals surface area contributed by atoms with Crippen LogP contribution in [0, 0.1) is 11.8 Å². The molecule has 1 saturated carbocycles. The van der Waals surface area contributed by atoms with Gasteiger partial charge >= 0.3 is 0 Å². The van der Waals surface area contributed by atoms with Crippen molar-refractivity contribution in [2.45, 2.75) is 58.5 Å². The fraction of sp³-hybridized carbons (Fsp3) is 0.706. The van der Waals surface area contributed by atoms with Crippen LogP contribution in [0.2, 0.25) is 0 Å². The molecule has 2 rings (SSSR count). The molecule has 1 aliphatic carbocycles. The molecule has 0 aliphatic heterocycles. The zero-order valence-electron chi connectivity index (χ0n) is 12.8. The van der Waals surface area contributed by atoms with Crippen LogP contribution in [-0.4, -0.2) is 17.2 Å². The molecule has 1 N–H and O–H groups in total. The lowest BCUT2D eigenvalue weighted by Gasteiger charge is -2.32. The SMILES string of the molecule is CC1CCC(NCCCCn2ccccc2=O)CC1C. The van der Waals surface area contributed by atoms with Crippen molar-refractivity contribution >= 4 is 0 Å². The number of aryl methyl sites for hydroxylation is 1. The van der Waals surface area contributed by atoms with Gasteiger partial charge in [-0.2, -0.15) is 0 Å². The number of hydrogen-bond acceptors (Lipinski definition) is 2. The van der Waals surface area contributed by atoms with Crippen molar-refractivity contribution in [1.82, 2.24) is 9.88 Å². The molecule has 0 radical (unpaired) electrons. The lowest BCUT2D eigenvalue weighted by atomic mass is 9.79. The quantitative estimate of drug-likeness (QED) is 0.810. The Kier molecular flexibility index (Phi) is 5.84. The molecule has 0 spiro atoms. The lowest BCUT2D eigenvalue weighted by Crippen LogP contribution is -2.36. The normalized spacial score (nSPS) is 26.6. The zero-order valence-corrected chi connectivity index (χ0v) is 12.8. The van der Waals surface area contributed by atoms with Gasteiger partial charge in [-0.15, -0.1) is 0 Å². The van der Waals surface area contributed by atoms with Crippen molar-refractivity contribution < 1.29 is 0 Å². The van der Waals surface area contributed by atoms with Gasteiger partial charge in [0.1, 0.15) is 0 Å². The van der Waals surface area contributed by atoms with E-state index in [2.05, 4.69) is 19.2 Å². The van der Waals surface area contributed by atoms with E-state index in [4.69, 9.17) is 0 Å². The molecule has 3 nitrogen and oxygen atoms in total. The third-order valence-electron chi connectivity index (χ3n) is 4.76. The molecule has 1 aliphatic rings. The van der Waals surface area contributed by atoms with Crippen LogP contribution in [0.4, 0.5) is 0 Å². The van der Waals surface area contributed by atoms with E-state index in [1.54, 1.807) is 16.7 Å². The Bertz CT molecular complexity index is 454. The average Bonchev–Trinajstić information content (AvgIpc) is 2.44. The molecule has 0 amide bonds. The molecule has 1 aromatic rings. The van der Waals surface area contributed by atoms with Gasteiger partial charge in [0.05, 0.1) is 0 Å². The van der Waals surface area contributed by atoms with E-state index in [1.807, 2.05) is 12.3 Å². The molecule has 1 fully saturated rings. The van der Waals surface area contributed by atoms with Crippen molar-refractivity contribution in [3.63, 3.8) is 0 Å². The Labute approximate surface area is 122 Å². The lowest BCUT2D eigenvalue weighted by molar-refractivity contribution is 0.226. The minimum atomic E-state index is 0.107. The second-order valence-corrected chi connectivity index (χ2v) is 6.36. The molecule has 0 saturated heterocycles. The molecule has 112 valence electrons. The predicted molar refractivity (Wildman–Crippen MR) is 83.9 cm³/mol. The van der Waals surface area contributed by atoms with Gasteiger partial charge in [0.2, 0.25) is 5.56 Å². The number of hydrogen-bond donors (Lipinski definition) is 1. The molecular formula is C17H28N2O. The highest BCUT2D eigenvalue weighted by molar-refractivity contribution is 4.93. The van der Waals surface area contributed by atoms with E-state index < -0.39 is 0 Å². The average molecular weight is 276 g/mol. The van der Waals surface area contributed by atoms with Gasteiger partial charge in [0.25, 0.3) is 0 Å². The molecule has 3 atom stereocenters. The summed E-state index contributed by atoms with van der Waals surface area (Å²) < 4.78 is 1.80. The number of rotatable bonds is 6. The van der Waals surface area contributed by atoms with Gasteiger partial charge in [-0.25, -0.2) is 0 Å². The van der Waals surface area contributed by atoms with Crippen LogP contribution in [-0.2, 0) is 6.54 Å². The van der Waals surface area contributed by atoms with Gasteiger partial charge in [-0.05, 0) is 56.6 Å². The molecular weight excluding hydrogens is 248 g/mol. The Morgan fingerprint density at radius 1 is 1.20 bits per heavy atom. The molecule has 1 aromatic heterocycles. The highest BCUT2D eigenvalue weighted by atomic mass is 16.1. The van der Waals surface area contributed by atoms with E-state index in [1.165, 1.54) is 19.3 Å². The van der Waals surface area contributed by atoms with E-state index in [9.17, 15) is 4.79 Å². The summed E-state index contributed by atoms with van der Waals surface area (Å²) in [7, 11) is 0. The Morgan fingerprint density at radius 2 is 2.05 bits per heavy atom. The number of aromatic nitrogens is 1. The third kappa shape index (κ3) is 4.48. The Hall–Kier alpha value is -1.09. The highest BCUT2D eigenvalue weighted by Gasteiger charge is 2.23. The summed E-state index contributed by atoms with van der Waals surface area (Å²) in [5, 5.41) is 3.69. The summed E-state index contributed by atoms with van der Waals surface area (Å²) in [5.41, 5.74) is 0.107. The van der Waals surface area contributed by atoms with Crippen molar-refractivity contribution in [2.75, 3.05) is 6.54 Å². The standard InChI is InChI=1S/C17H28N2O/c1-14-8-9-16(13-15(14)2)18-10-4-6-12-19-11-5-3-7-17(19)20/h3,5,7,11,14-16,18H,4,6,8-10,12-13H2,1-2H3. The van der Waals surface area contributed by atoms with Crippen LogP contribution in [0.5, 0.6) is 0 Å². The van der Waals surface area contributed by atoms with E-state index >= 15 is 0 Å². The summed E-state index contributed by atoms with van der Waals surface area (Å²) in [6.07, 6.45) is 8.08. The van der Waals surface area contributed by atoms with Gasteiger partial charge in [-0.1, -0.05) is 19.9 Å². The first-order chi connectivity index (χ1) is 9.66. The van der Waals surface area contributed by atoms with Crippen molar-refractivity contribution in [2.24, 2.45) is 11.8 Å². The number of nitrogens with zero attached hydrogens (tertiary/aromatic N) is 1. The first-order valence-corrected chi connectivity index (χ1v) is 8.05. The molecule has 20 heavy (non-hydrogen) atoms. The fourth-order valence-corrected chi connectivity index (χ4v) is 3.09. The van der Waals surface area contributed by atoms with Gasteiger partial charge < -0.3 is 9.88 Å². The highest BCUT2D eigenvalue weighted by Crippen LogP contribution is 2.29. The van der Waals surface area contributed by atoms with Gasteiger partial charge in [-0.3, -0.25) is 4.79 Å². The van der Waals surface area contributed by atoms with Crippen LogP contribution in [0.3, 0.4) is 0 Å². The Morgan fingerprint density at radius 3 is 2.80 bits per heavy atom. The zero-order chi connectivity index (χ0) is 14.4.